The monoisotopic (exact) mass is 312 g/mol. The summed E-state index contributed by atoms with van der Waals surface area (Å²) in [6.45, 7) is 2.99. The van der Waals surface area contributed by atoms with Crippen LogP contribution in [-0.2, 0) is 0 Å². The van der Waals surface area contributed by atoms with Gasteiger partial charge in [-0.15, -0.1) is 0 Å². The van der Waals surface area contributed by atoms with Gasteiger partial charge in [-0.2, -0.15) is 0 Å². The van der Waals surface area contributed by atoms with E-state index in [0.29, 0.717) is 5.92 Å². The van der Waals surface area contributed by atoms with E-state index in [9.17, 15) is 5.11 Å². The molecule has 0 saturated heterocycles. The Bertz CT molecular complexity index is 416. The number of nitrogens with zero attached hydrogens (tertiary/aromatic N) is 1. The van der Waals surface area contributed by atoms with E-state index in [-0.39, 0.29) is 12.1 Å². The zero-order valence-corrected chi connectivity index (χ0v) is 12.5. The van der Waals surface area contributed by atoms with Crippen molar-refractivity contribution in [1.29, 1.82) is 0 Å². The van der Waals surface area contributed by atoms with Crippen molar-refractivity contribution in [2.75, 3.05) is 18.5 Å². The van der Waals surface area contributed by atoms with Crippen LogP contribution in [0.4, 0.5) is 5.69 Å². The highest BCUT2D eigenvalue weighted by atomic mass is 79.9. The van der Waals surface area contributed by atoms with E-state index in [1.807, 2.05) is 6.92 Å². The first kappa shape index (κ1) is 13.8. The number of rotatable bonds is 4. The van der Waals surface area contributed by atoms with Crippen molar-refractivity contribution in [3.05, 3.63) is 28.2 Å². The van der Waals surface area contributed by atoms with Crippen LogP contribution in [0.3, 0.4) is 0 Å². The normalized spacial score (nSPS) is 24.5. The lowest BCUT2D eigenvalue weighted by atomic mass is 9.82. The molecule has 18 heavy (non-hydrogen) atoms. The van der Waals surface area contributed by atoms with E-state index in [4.69, 9.17) is 5.73 Å². The van der Waals surface area contributed by atoms with Crippen molar-refractivity contribution >= 4 is 21.6 Å². The third kappa shape index (κ3) is 3.05. The Hall–Kier alpha value is -0.580. The molecule has 1 fully saturated rings. The van der Waals surface area contributed by atoms with E-state index in [0.717, 1.165) is 29.4 Å². The van der Waals surface area contributed by atoms with Crippen molar-refractivity contribution < 1.29 is 5.11 Å². The number of aliphatic hydroxyl groups is 1. The Labute approximate surface area is 117 Å². The van der Waals surface area contributed by atoms with Crippen LogP contribution < -0.4 is 10.6 Å². The fraction of sp³-hybridized carbons (Fsp3) is 0.571. The highest BCUT2D eigenvalue weighted by molar-refractivity contribution is 9.10. The molecule has 3 nitrogen and oxygen atoms in total. The zero-order chi connectivity index (χ0) is 13.3. The smallest absolute Gasteiger partial charge is 0.0546 e. The van der Waals surface area contributed by atoms with Crippen LogP contribution >= 0.6 is 15.9 Å². The zero-order valence-electron chi connectivity index (χ0n) is 10.9. The molecule has 0 bridgehead atoms. The third-order valence-electron chi connectivity index (χ3n) is 3.66. The molecule has 0 spiro atoms. The van der Waals surface area contributed by atoms with Gasteiger partial charge in [0.15, 0.2) is 0 Å². The van der Waals surface area contributed by atoms with Crippen LogP contribution in [0.15, 0.2) is 22.7 Å². The summed E-state index contributed by atoms with van der Waals surface area (Å²) >= 11 is 3.58. The molecule has 0 amide bonds. The fourth-order valence-corrected chi connectivity index (χ4v) is 3.19. The molecule has 1 saturated carbocycles. The van der Waals surface area contributed by atoms with E-state index in [1.54, 1.807) is 0 Å². The number of aliphatic hydroxyl groups excluding tert-OH is 1. The number of anilines is 1. The second-order valence-electron chi connectivity index (χ2n) is 5.37. The molecule has 2 rings (SSSR count). The Morgan fingerprint density at radius 1 is 1.50 bits per heavy atom. The summed E-state index contributed by atoms with van der Waals surface area (Å²) in [5, 5.41) is 9.30. The molecule has 0 aliphatic heterocycles. The third-order valence-corrected chi connectivity index (χ3v) is 4.35. The average Bonchev–Trinajstić information content (AvgIpc) is 2.26. The lowest BCUT2D eigenvalue weighted by molar-refractivity contribution is 0.0465. The maximum absolute atomic E-state index is 9.30. The second-order valence-corrected chi connectivity index (χ2v) is 6.22. The van der Waals surface area contributed by atoms with Crippen LogP contribution in [0.2, 0.25) is 0 Å². The highest BCUT2D eigenvalue weighted by Crippen LogP contribution is 2.31. The predicted molar refractivity (Wildman–Crippen MR) is 78.7 cm³/mol. The summed E-state index contributed by atoms with van der Waals surface area (Å²) in [6.07, 6.45) is 1.79. The van der Waals surface area contributed by atoms with Crippen LogP contribution in [0.5, 0.6) is 0 Å². The first-order valence-corrected chi connectivity index (χ1v) is 7.21. The molecule has 3 N–H and O–H groups in total. The number of hydrogen-bond acceptors (Lipinski definition) is 3. The maximum Gasteiger partial charge on any atom is 0.0546 e. The lowest BCUT2D eigenvalue weighted by Crippen LogP contribution is -2.37. The van der Waals surface area contributed by atoms with Crippen LogP contribution in [-0.4, -0.2) is 24.8 Å². The average molecular weight is 313 g/mol. The first-order chi connectivity index (χ1) is 8.47. The summed E-state index contributed by atoms with van der Waals surface area (Å²) in [7, 11) is 2.10. The predicted octanol–water partition coefficient (Wildman–Crippen LogP) is 2.68. The van der Waals surface area contributed by atoms with E-state index in [2.05, 4.69) is 46.1 Å². The quantitative estimate of drug-likeness (QED) is 0.898. The largest absolute Gasteiger partial charge is 0.393 e. The van der Waals surface area contributed by atoms with Gasteiger partial charge in [0.25, 0.3) is 0 Å². The summed E-state index contributed by atoms with van der Waals surface area (Å²) < 4.78 is 1.07. The van der Waals surface area contributed by atoms with Gasteiger partial charge >= 0.3 is 0 Å². The molecule has 1 aliphatic rings. The van der Waals surface area contributed by atoms with E-state index in [1.165, 1.54) is 5.69 Å². The standard InChI is InChI=1S/C14H21BrN2O/c1-9(16)13-4-3-11(7-14(13)15)17(2)8-10-5-12(18)6-10/h3-4,7,9-10,12,18H,5-6,8,16H2,1-2H3/t9-,10?,12?/m1/s1. The molecule has 1 atom stereocenters. The Kier molecular flexibility index (Phi) is 4.30. The minimum absolute atomic E-state index is 0.0421. The summed E-state index contributed by atoms with van der Waals surface area (Å²) in [5.41, 5.74) is 8.21. The van der Waals surface area contributed by atoms with Gasteiger partial charge in [0.05, 0.1) is 6.10 Å². The number of benzene rings is 1. The van der Waals surface area contributed by atoms with Crippen molar-refractivity contribution in [2.45, 2.75) is 31.9 Å². The van der Waals surface area contributed by atoms with E-state index >= 15 is 0 Å². The number of hydrogen-bond donors (Lipinski definition) is 2. The van der Waals surface area contributed by atoms with Gasteiger partial charge in [0.1, 0.15) is 0 Å². The molecule has 1 aromatic rings. The van der Waals surface area contributed by atoms with Gasteiger partial charge in [-0.3, -0.25) is 0 Å². The lowest BCUT2D eigenvalue weighted by Gasteiger charge is -2.35. The second kappa shape index (κ2) is 5.59. The molecule has 100 valence electrons. The Balaban J connectivity index is 2.02. The minimum atomic E-state index is -0.0735. The molecule has 0 radical (unpaired) electrons. The number of halogens is 1. The van der Waals surface area contributed by atoms with Crippen LogP contribution in [0, 0.1) is 5.92 Å². The molecular weight excluding hydrogens is 292 g/mol. The molecule has 0 aromatic heterocycles. The first-order valence-electron chi connectivity index (χ1n) is 6.41. The molecule has 0 heterocycles. The molecule has 4 heteroatoms. The Morgan fingerprint density at radius 2 is 2.17 bits per heavy atom. The van der Waals surface area contributed by atoms with Gasteiger partial charge in [-0.05, 0) is 43.4 Å². The molecule has 1 aliphatic carbocycles. The summed E-state index contributed by atoms with van der Waals surface area (Å²) in [5.74, 6) is 0.622. The van der Waals surface area contributed by atoms with Gasteiger partial charge in [0.2, 0.25) is 0 Å². The molecule has 0 unspecified atom stereocenters. The SMILES string of the molecule is C[C@@H](N)c1ccc(N(C)CC2CC(O)C2)cc1Br. The van der Waals surface area contributed by atoms with Crippen LogP contribution in [0.25, 0.3) is 0 Å². The van der Waals surface area contributed by atoms with E-state index < -0.39 is 0 Å². The topological polar surface area (TPSA) is 49.5 Å². The van der Waals surface area contributed by atoms with Crippen molar-refractivity contribution in [2.24, 2.45) is 11.7 Å². The number of nitrogens with two attached hydrogens (primary N) is 1. The summed E-state index contributed by atoms with van der Waals surface area (Å²) in [6, 6.07) is 6.35. The summed E-state index contributed by atoms with van der Waals surface area (Å²) in [4.78, 5) is 2.24. The minimum Gasteiger partial charge on any atom is -0.393 e. The van der Waals surface area contributed by atoms with Crippen molar-refractivity contribution in [3.8, 4) is 0 Å². The fourth-order valence-electron chi connectivity index (χ4n) is 2.47. The van der Waals surface area contributed by atoms with Gasteiger partial charge in [-0.25, -0.2) is 0 Å². The van der Waals surface area contributed by atoms with Gasteiger partial charge < -0.3 is 15.7 Å². The van der Waals surface area contributed by atoms with Crippen molar-refractivity contribution in [3.63, 3.8) is 0 Å². The van der Waals surface area contributed by atoms with Gasteiger partial charge in [-0.1, -0.05) is 22.0 Å². The van der Waals surface area contributed by atoms with Crippen LogP contribution in [0.1, 0.15) is 31.4 Å². The maximum atomic E-state index is 9.30. The van der Waals surface area contributed by atoms with Crippen molar-refractivity contribution in [1.82, 2.24) is 0 Å². The van der Waals surface area contributed by atoms with Gasteiger partial charge in [0, 0.05) is 29.8 Å². The Morgan fingerprint density at radius 3 is 2.67 bits per heavy atom. The highest BCUT2D eigenvalue weighted by Gasteiger charge is 2.28. The molecule has 1 aromatic carbocycles. The molecular formula is C14H21BrN2O.